The second-order valence-corrected chi connectivity index (χ2v) is 3.78. The van der Waals surface area contributed by atoms with Crippen LogP contribution in [0.3, 0.4) is 0 Å². The molecule has 0 aromatic heterocycles. The van der Waals surface area contributed by atoms with Crippen LogP contribution in [0.4, 0.5) is 0 Å². The van der Waals surface area contributed by atoms with Gasteiger partial charge in [-0.25, -0.2) is 0 Å². The normalized spacial score (nSPS) is 22.4. The molecule has 1 heteroatoms. The molecule has 0 saturated heterocycles. The summed E-state index contributed by atoms with van der Waals surface area (Å²) in [6.45, 7) is 4.73. The van der Waals surface area contributed by atoms with E-state index in [-0.39, 0.29) is 6.15 Å². The van der Waals surface area contributed by atoms with Gasteiger partial charge in [0, 0.05) is 0 Å². The van der Waals surface area contributed by atoms with E-state index in [1.807, 2.05) is 0 Å². The first-order valence-corrected chi connectivity index (χ1v) is 4.84. The van der Waals surface area contributed by atoms with Crippen LogP contribution in [0.1, 0.15) is 52.4 Å². The SMILES string of the molecule is CCC(C)C1CCCCC1.N. The first kappa shape index (κ1) is 11.0. The van der Waals surface area contributed by atoms with Crippen molar-refractivity contribution in [2.45, 2.75) is 52.4 Å². The largest absolute Gasteiger partial charge is 0.344 e. The van der Waals surface area contributed by atoms with Crippen LogP contribution in [-0.4, -0.2) is 0 Å². The van der Waals surface area contributed by atoms with Crippen molar-refractivity contribution in [1.29, 1.82) is 0 Å². The van der Waals surface area contributed by atoms with Gasteiger partial charge in [0.15, 0.2) is 0 Å². The first-order chi connectivity index (χ1) is 4.84. The molecule has 0 heterocycles. The molecule has 0 aromatic carbocycles. The number of rotatable bonds is 2. The highest BCUT2D eigenvalue weighted by Gasteiger charge is 2.17. The molecule has 1 nitrogen and oxygen atoms in total. The van der Waals surface area contributed by atoms with E-state index in [4.69, 9.17) is 0 Å². The molecule has 1 unspecified atom stereocenters. The van der Waals surface area contributed by atoms with Gasteiger partial charge in [-0.05, 0) is 11.8 Å². The minimum absolute atomic E-state index is 0. The zero-order chi connectivity index (χ0) is 7.40. The summed E-state index contributed by atoms with van der Waals surface area (Å²) in [5.74, 6) is 2.05. The topological polar surface area (TPSA) is 35.0 Å². The zero-order valence-electron chi connectivity index (χ0n) is 8.10. The molecule has 68 valence electrons. The Kier molecular flexibility index (Phi) is 5.57. The summed E-state index contributed by atoms with van der Waals surface area (Å²) < 4.78 is 0. The Morgan fingerprint density at radius 3 is 2.18 bits per heavy atom. The molecule has 11 heavy (non-hydrogen) atoms. The van der Waals surface area contributed by atoms with E-state index in [0.29, 0.717) is 0 Å². The summed E-state index contributed by atoms with van der Waals surface area (Å²) >= 11 is 0. The monoisotopic (exact) mass is 157 g/mol. The molecule has 0 aliphatic heterocycles. The minimum atomic E-state index is 0. The lowest BCUT2D eigenvalue weighted by Gasteiger charge is -2.26. The standard InChI is InChI=1S/C10H20.H3N/c1-3-9(2)10-7-5-4-6-8-10;/h9-10H,3-8H2,1-2H3;1H3. The molecule has 3 N–H and O–H groups in total. The van der Waals surface area contributed by atoms with Crippen LogP contribution in [-0.2, 0) is 0 Å². The van der Waals surface area contributed by atoms with Crippen molar-refractivity contribution in [3.63, 3.8) is 0 Å². The Hall–Kier alpha value is -0.0400. The highest BCUT2D eigenvalue weighted by molar-refractivity contribution is 4.69. The van der Waals surface area contributed by atoms with Gasteiger partial charge in [-0.15, -0.1) is 0 Å². The van der Waals surface area contributed by atoms with Crippen molar-refractivity contribution < 1.29 is 0 Å². The number of hydrogen-bond donors (Lipinski definition) is 1. The Balaban J connectivity index is 0.000001000. The molecule has 1 aliphatic rings. The van der Waals surface area contributed by atoms with Crippen molar-refractivity contribution in [2.75, 3.05) is 0 Å². The molecular weight excluding hydrogens is 134 g/mol. The second-order valence-electron chi connectivity index (χ2n) is 3.78. The van der Waals surface area contributed by atoms with E-state index in [2.05, 4.69) is 13.8 Å². The predicted octanol–water partition coefficient (Wildman–Crippen LogP) is 3.77. The van der Waals surface area contributed by atoms with E-state index in [1.54, 1.807) is 0 Å². The van der Waals surface area contributed by atoms with Crippen molar-refractivity contribution in [3.05, 3.63) is 0 Å². The summed E-state index contributed by atoms with van der Waals surface area (Å²) in [5.41, 5.74) is 0. The lowest BCUT2D eigenvalue weighted by molar-refractivity contribution is 0.258. The lowest BCUT2D eigenvalue weighted by atomic mass is 9.80. The third kappa shape index (κ3) is 3.24. The van der Waals surface area contributed by atoms with Gasteiger partial charge in [0.05, 0.1) is 0 Å². The van der Waals surface area contributed by atoms with Gasteiger partial charge in [-0.1, -0.05) is 52.4 Å². The average molecular weight is 157 g/mol. The van der Waals surface area contributed by atoms with E-state index in [9.17, 15) is 0 Å². The van der Waals surface area contributed by atoms with Crippen molar-refractivity contribution in [1.82, 2.24) is 6.15 Å². The van der Waals surface area contributed by atoms with E-state index in [1.165, 1.54) is 38.5 Å². The van der Waals surface area contributed by atoms with Crippen molar-refractivity contribution >= 4 is 0 Å². The molecule has 0 bridgehead atoms. The van der Waals surface area contributed by atoms with Crippen LogP contribution in [0.5, 0.6) is 0 Å². The van der Waals surface area contributed by atoms with Crippen LogP contribution >= 0.6 is 0 Å². The van der Waals surface area contributed by atoms with E-state index in [0.717, 1.165) is 11.8 Å². The maximum absolute atomic E-state index is 2.41. The number of hydrogen-bond acceptors (Lipinski definition) is 1. The molecule has 0 spiro atoms. The van der Waals surface area contributed by atoms with Crippen LogP contribution in [0.15, 0.2) is 0 Å². The van der Waals surface area contributed by atoms with Gasteiger partial charge in [-0.2, -0.15) is 0 Å². The van der Waals surface area contributed by atoms with Crippen LogP contribution in [0.2, 0.25) is 0 Å². The Bertz CT molecular complexity index is 84.9. The van der Waals surface area contributed by atoms with Gasteiger partial charge in [0.1, 0.15) is 0 Å². The quantitative estimate of drug-likeness (QED) is 0.650. The minimum Gasteiger partial charge on any atom is -0.344 e. The fourth-order valence-electron chi connectivity index (χ4n) is 2.04. The average Bonchev–Trinajstić information content (AvgIpc) is 2.05. The van der Waals surface area contributed by atoms with E-state index < -0.39 is 0 Å². The molecule has 1 aliphatic carbocycles. The van der Waals surface area contributed by atoms with Crippen molar-refractivity contribution in [3.8, 4) is 0 Å². The molecular formula is C10H23N. The van der Waals surface area contributed by atoms with Crippen LogP contribution in [0.25, 0.3) is 0 Å². The highest BCUT2D eigenvalue weighted by atomic mass is 14.2. The van der Waals surface area contributed by atoms with E-state index >= 15 is 0 Å². The Labute approximate surface area is 71.2 Å². The molecule has 1 rings (SSSR count). The fourth-order valence-corrected chi connectivity index (χ4v) is 2.04. The summed E-state index contributed by atoms with van der Waals surface area (Å²) in [6, 6.07) is 0. The van der Waals surface area contributed by atoms with Crippen LogP contribution < -0.4 is 6.15 Å². The third-order valence-corrected chi connectivity index (χ3v) is 3.10. The van der Waals surface area contributed by atoms with Crippen molar-refractivity contribution in [2.24, 2.45) is 11.8 Å². The second kappa shape index (κ2) is 5.59. The third-order valence-electron chi connectivity index (χ3n) is 3.10. The summed E-state index contributed by atoms with van der Waals surface area (Å²) in [6.07, 6.45) is 8.88. The van der Waals surface area contributed by atoms with Gasteiger partial charge in [0.25, 0.3) is 0 Å². The first-order valence-electron chi connectivity index (χ1n) is 4.84. The smallest absolute Gasteiger partial charge is 0.0389 e. The Morgan fingerprint density at radius 2 is 1.73 bits per heavy atom. The summed E-state index contributed by atoms with van der Waals surface area (Å²) in [5, 5.41) is 0. The summed E-state index contributed by atoms with van der Waals surface area (Å²) in [4.78, 5) is 0. The highest BCUT2D eigenvalue weighted by Crippen LogP contribution is 2.30. The molecule has 0 amide bonds. The van der Waals surface area contributed by atoms with Gasteiger partial charge < -0.3 is 6.15 Å². The van der Waals surface area contributed by atoms with Gasteiger partial charge >= 0.3 is 0 Å². The summed E-state index contributed by atoms with van der Waals surface area (Å²) in [7, 11) is 0. The maximum atomic E-state index is 2.41. The lowest BCUT2D eigenvalue weighted by Crippen LogP contribution is -2.14. The molecule has 1 fully saturated rings. The molecule has 1 saturated carbocycles. The van der Waals surface area contributed by atoms with Gasteiger partial charge in [-0.3, -0.25) is 0 Å². The molecule has 0 radical (unpaired) electrons. The van der Waals surface area contributed by atoms with Crippen LogP contribution in [0, 0.1) is 11.8 Å². The zero-order valence-corrected chi connectivity index (χ0v) is 8.10. The Morgan fingerprint density at radius 1 is 1.18 bits per heavy atom. The molecule has 1 atom stereocenters. The predicted molar refractivity (Wildman–Crippen MR) is 51.1 cm³/mol. The van der Waals surface area contributed by atoms with Gasteiger partial charge in [0.2, 0.25) is 0 Å². The maximum Gasteiger partial charge on any atom is -0.0389 e. The molecule has 0 aromatic rings. The fraction of sp³-hybridized carbons (Fsp3) is 1.00.